The quantitative estimate of drug-likeness (QED) is 0.774. The van der Waals surface area contributed by atoms with Crippen LogP contribution in [0.4, 0.5) is 0 Å². The Hall–Kier alpha value is -1.81. The maximum atomic E-state index is 11.4. The molecule has 19 heavy (non-hydrogen) atoms. The van der Waals surface area contributed by atoms with Crippen molar-refractivity contribution < 1.29 is 9.90 Å². The molecule has 1 aliphatic rings. The third kappa shape index (κ3) is 2.24. The SMILES string of the molecule is CC1CC(c2ccc3[nH]ccc3c2)C(C(=O)O)CN1. The van der Waals surface area contributed by atoms with Crippen molar-refractivity contribution >= 4 is 16.9 Å². The Balaban J connectivity index is 1.98. The summed E-state index contributed by atoms with van der Waals surface area (Å²) in [7, 11) is 0. The van der Waals surface area contributed by atoms with E-state index in [9.17, 15) is 9.90 Å². The van der Waals surface area contributed by atoms with E-state index in [1.165, 1.54) is 0 Å². The molecule has 0 bridgehead atoms. The molecule has 0 radical (unpaired) electrons. The summed E-state index contributed by atoms with van der Waals surface area (Å²) in [6.45, 7) is 2.66. The first-order valence-electron chi connectivity index (χ1n) is 6.68. The highest BCUT2D eigenvalue weighted by molar-refractivity contribution is 5.80. The Kier molecular flexibility index (Phi) is 3.03. The van der Waals surface area contributed by atoms with Gasteiger partial charge in [0.25, 0.3) is 0 Å². The molecule has 1 saturated heterocycles. The summed E-state index contributed by atoms with van der Waals surface area (Å²) in [5.74, 6) is -0.959. The largest absolute Gasteiger partial charge is 0.481 e. The smallest absolute Gasteiger partial charge is 0.308 e. The number of aromatic nitrogens is 1. The molecule has 0 aliphatic carbocycles. The Bertz CT molecular complexity index is 605. The van der Waals surface area contributed by atoms with E-state index in [0.717, 1.165) is 22.9 Å². The molecule has 3 unspecified atom stereocenters. The third-order valence-electron chi connectivity index (χ3n) is 4.10. The van der Waals surface area contributed by atoms with Crippen LogP contribution in [0.25, 0.3) is 10.9 Å². The molecule has 1 aromatic heterocycles. The number of rotatable bonds is 2. The number of H-pyrrole nitrogens is 1. The van der Waals surface area contributed by atoms with Crippen LogP contribution in [-0.4, -0.2) is 28.6 Å². The molecule has 3 N–H and O–H groups in total. The summed E-state index contributed by atoms with van der Waals surface area (Å²) < 4.78 is 0. The summed E-state index contributed by atoms with van der Waals surface area (Å²) >= 11 is 0. The maximum absolute atomic E-state index is 11.4. The highest BCUT2D eigenvalue weighted by atomic mass is 16.4. The first-order chi connectivity index (χ1) is 9.15. The molecule has 4 heteroatoms. The van der Waals surface area contributed by atoms with E-state index in [-0.39, 0.29) is 11.8 Å². The number of benzene rings is 1. The lowest BCUT2D eigenvalue weighted by Crippen LogP contribution is -2.44. The summed E-state index contributed by atoms with van der Waals surface area (Å²) in [4.78, 5) is 14.6. The molecule has 2 aromatic rings. The molecule has 100 valence electrons. The zero-order valence-electron chi connectivity index (χ0n) is 10.9. The molecule has 2 heterocycles. The van der Waals surface area contributed by atoms with Crippen molar-refractivity contribution in [3.63, 3.8) is 0 Å². The molecule has 1 fully saturated rings. The van der Waals surface area contributed by atoms with Crippen molar-refractivity contribution in [2.75, 3.05) is 6.54 Å². The summed E-state index contributed by atoms with van der Waals surface area (Å²) in [6, 6.07) is 8.60. The fourth-order valence-electron chi connectivity index (χ4n) is 3.03. The number of nitrogens with one attached hydrogen (secondary N) is 2. The second kappa shape index (κ2) is 4.70. The first-order valence-corrected chi connectivity index (χ1v) is 6.68. The summed E-state index contributed by atoms with van der Waals surface area (Å²) in [6.07, 6.45) is 2.78. The molecule has 1 aliphatic heterocycles. The fraction of sp³-hybridized carbons (Fsp3) is 0.400. The van der Waals surface area contributed by atoms with Gasteiger partial charge in [0.05, 0.1) is 5.92 Å². The lowest BCUT2D eigenvalue weighted by Gasteiger charge is -2.33. The Labute approximate surface area is 111 Å². The Morgan fingerprint density at radius 2 is 2.21 bits per heavy atom. The molecule has 1 aromatic carbocycles. The molecule has 0 amide bonds. The molecule has 4 nitrogen and oxygen atoms in total. The number of aromatic amines is 1. The number of aliphatic carboxylic acids is 1. The summed E-state index contributed by atoms with van der Waals surface area (Å²) in [5.41, 5.74) is 2.23. The van der Waals surface area contributed by atoms with E-state index in [4.69, 9.17) is 0 Å². The second-order valence-electron chi connectivity index (χ2n) is 5.42. The average molecular weight is 258 g/mol. The van der Waals surface area contributed by atoms with Gasteiger partial charge in [-0.2, -0.15) is 0 Å². The number of hydrogen-bond donors (Lipinski definition) is 3. The first kappa shape index (κ1) is 12.2. The van der Waals surface area contributed by atoms with Crippen LogP contribution in [0.1, 0.15) is 24.8 Å². The molecular weight excluding hydrogens is 240 g/mol. The van der Waals surface area contributed by atoms with Crippen LogP contribution in [0.2, 0.25) is 0 Å². The van der Waals surface area contributed by atoms with Gasteiger partial charge in [-0.05, 0) is 48.4 Å². The standard InChI is InChI=1S/C15H18N2O2/c1-9-6-12(13(8-17-9)15(18)19)10-2-3-14-11(7-10)4-5-16-14/h2-5,7,9,12-13,16-17H,6,8H2,1H3,(H,18,19). The van der Waals surface area contributed by atoms with Crippen molar-refractivity contribution in [1.29, 1.82) is 0 Å². The number of carboxylic acids is 1. The van der Waals surface area contributed by atoms with Crippen molar-refractivity contribution in [3.05, 3.63) is 36.0 Å². The molecular formula is C15H18N2O2. The topological polar surface area (TPSA) is 65.1 Å². The van der Waals surface area contributed by atoms with Gasteiger partial charge in [-0.3, -0.25) is 4.79 Å². The number of piperidine rings is 1. The average Bonchev–Trinajstić information content (AvgIpc) is 2.85. The van der Waals surface area contributed by atoms with E-state index in [1.54, 1.807) is 0 Å². The predicted molar refractivity (Wildman–Crippen MR) is 74.2 cm³/mol. The van der Waals surface area contributed by atoms with Crippen molar-refractivity contribution in [3.8, 4) is 0 Å². The van der Waals surface area contributed by atoms with Gasteiger partial charge < -0.3 is 15.4 Å². The zero-order valence-corrected chi connectivity index (χ0v) is 10.9. The highest BCUT2D eigenvalue weighted by Crippen LogP contribution is 2.34. The van der Waals surface area contributed by atoms with Gasteiger partial charge in [0.2, 0.25) is 0 Å². The van der Waals surface area contributed by atoms with E-state index >= 15 is 0 Å². The number of hydrogen-bond acceptors (Lipinski definition) is 2. The number of fused-ring (bicyclic) bond motifs is 1. The molecule has 0 saturated carbocycles. The predicted octanol–water partition coefficient (Wildman–Crippen LogP) is 2.33. The minimum Gasteiger partial charge on any atom is -0.481 e. The van der Waals surface area contributed by atoms with E-state index in [2.05, 4.69) is 29.4 Å². The van der Waals surface area contributed by atoms with Gasteiger partial charge in [-0.1, -0.05) is 6.07 Å². The van der Waals surface area contributed by atoms with Gasteiger partial charge in [0.1, 0.15) is 0 Å². The Morgan fingerprint density at radius 1 is 1.37 bits per heavy atom. The molecule has 3 rings (SSSR count). The van der Waals surface area contributed by atoms with Crippen LogP contribution in [-0.2, 0) is 4.79 Å². The van der Waals surface area contributed by atoms with Crippen LogP contribution in [0.5, 0.6) is 0 Å². The molecule has 3 atom stereocenters. The number of carbonyl (C=O) groups is 1. The summed E-state index contributed by atoms with van der Waals surface area (Å²) in [5, 5.41) is 13.8. The minimum absolute atomic E-state index is 0.0908. The van der Waals surface area contributed by atoms with E-state index < -0.39 is 5.97 Å². The van der Waals surface area contributed by atoms with Crippen molar-refractivity contribution in [2.45, 2.75) is 25.3 Å². The van der Waals surface area contributed by atoms with E-state index in [1.807, 2.05) is 18.3 Å². The van der Waals surface area contributed by atoms with Crippen LogP contribution in [0.15, 0.2) is 30.5 Å². The Morgan fingerprint density at radius 3 is 3.00 bits per heavy atom. The monoisotopic (exact) mass is 258 g/mol. The molecule has 0 spiro atoms. The lowest BCUT2D eigenvalue weighted by atomic mass is 9.78. The van der Waals surface area contributed by atoms with Gasteiger partial charge >= 0.3 is 5.97 Å². The second-order valence-corrected chi connectivity index (χ2v) is 5.42. The van der Waals surface area contributed by atoms with Gasteiger partial charge in [-0.25, -0.2) is 0 Å². The van der Waals surface area contributed by atoms with Gasteiger partial charge in [0.15, 0.2) is 0 Å². The van der Waals surface area contributed by atoms with Crippen LogP contribution < -0.4 is 5.32 Å². The van der Waals surface area contributed by atoms with Crippen LogP contribution in [0, 0.1) is 5.92 Å². The lowest BCUT2D eigenvalue weighted by molar-refractivity contribution is -0.143. The number of carboxylic acid groups (broad SMARTS) is 1. The van der Waals surface area contributed by atoms with Crippen LogP contribution >= 0.6 is 0 Å². The van der Waals surface area contributed by atoms with Crippen molar-refractivity contribution in [2.24, 2.45) is 5.92 Å². The maximum Gasteiger partial charge on any atom is 0.308 e. The van der Waals surface area contributed by atoms with Gasteiger partial charge in [-0.15, -0.1) is 0 Å². The van der Waals surface area contributed by atoms with E-state index in [0.29, 0.717) is 12.6 Å². The van der Waals surface area contributed by atoms with Gasteiger partial charge in [0, 0.05) is 24.3 Å². The fourth-order valence-corrected chi connectivity index (χ4v) is 3.03. The highest BCUT2D eigenvalue weighted by Gasteiger charge is 2.34. The zero-order chi connectivity index (χ0) is 13.4. The third-order valence-corrected chi connectivity index (χ3v) is 4.10. The van der Waals surface area contributed by atoms with Crippen molar-refractivity contribution in [1.82, 2.24) is 10.3 Å². The normalized spacial score (nSPS) is 27.5. The van der Waals surface area contributed by atoms with Crippen LogP contribution in [0.3, 0.4) is 0 Å². The minimum atomic E-state index is -0.710.